The Hall–Kier alpha value is -2.61. The third-order valence-corrected chi connectivity index (χ3v) is 3.09. The maximum atomic E-state index is 12.1. The molecule has 0 saturated heterocycles. The third kappa shape index (κ3) is 3.34. The van der Waals surface area contributed by atoms with Crippen LogP contribution in [0.25, 0.3) is 11.5 Å². The van der Waals surface area contributed by atoms with E-state index in [1.165, 1.54) is 19.4 Å². The van der Waals surface area contributed by atoms with Crippen LogP contribution in [0.3, 0.4) is 0 Å². The zero-order chi connectivity index (χ0) is 16.1. The summed E-state index contributed by atoms with van der Waals surface area (Å²) in [6, 6.07) is 4.01. The number of amides is 1. The van der Waals surface area contributed by atoms with Gasteiger partial charge in [0.15, 0.2) is 5.76 Å². The Labute approximate surface area is 126 Å². The summed E-state index contributed by atoms with van der Waals surface area (Å²) in [6.45, 7) is 2.30. The molecule has 0 saturated carbocycles. The van der Waals surface area contributed by atoms with Gasteiger partial charge in [0, 0.05) is 13.7 Å². The molecule has 1 atom stereocenters. The van der Waals surface area contributed by atoms with Crippen LogP contribution in [-0.2, 0) is 9.53 Å². The number of carbonyl (C=O) groups excluding carboxylic acids is 1. The van der Waals surface area contributed by atoms with Crippen molar-refractivity contribution >= 4 is 11.6 Å². The first-order valence-corrected chi connectivity index (χ1v) is 6.74. The second kappa shape index (κ2) is 6.90. The molecule has 2 aromatic heterocycles. The molecule has 8 heteroatoms. The number of methoxy groups -OCH3 is 1. The molecule has 2 aromatic rings. The molecule has 0 spiro atoms. The molecule has 118 valence electrons. The van der Waals surface area contributed by atoms with Gasteiger partial charge in [-0.25, -0.2) is 4.68 Å². The molecule has 0 aliphatic heterocycles. The van der Waals surface area contributed by atoms with Gasteiger partial charge in [0.25, 0.3) is 5.56 Å². The minimum atomic E-state index is -0.804. The Balaban J connectivity index is 2.29. The number of aromatic nitrogens is 2. The lowest BCUT2D eigenvalue weighted by molar-refractivity contribution is -0.124. The van der Waals surface area contributed by atoms with Crippen LogP contribution in [0, 0.1) is 0 Å². The van der Waals surface area contributed by atoms with E-state index in [0.29, 0.717) is 24.6 Å². The van der Waals surface area contributed by atoms with Gasteiger partial charge in [0.2, 0.25) is 5.91 Å². The molecule has 0 unspecified atom stereocenters. The van der Waals surface area contributed by atoms with E-state index in [-0.39, 0.29) is 11.6 Å². The quantitative estimate of drug-likeness (QED) is 0.747. The lowest BCUT2D eigenvalue weighted by atomic mass is 10.2. The number of furan rings is 1. The average molecular weight is 306 g/mol. The Morgan fingerprint density at radius 2 is 2.36 bits per heavy atom. The van der Waals surface area contributed by atoms with E-state index < -0.39 is 11.6 Å². The Bertz CT molecular complexity index is 693. The summed E-state index contributed by atoms with van der Waals surface area (Å²) >= 11 is 0. The van der Waals surface area contributed by atoms with Gasteiger partial charge in [0.1, 0.15) is 17.4 Å². The lowest BCUT2D eigenvalue weighted by Gasteiger charge is -2.15. The van der Waals surface area contributed by atoms with E-state index in [1.54, 1.807) is 19.1 Å². The molecule has 22 heavy (non-hydrogen) atoms. The van der Waals surface area contributed by atoms with Crippen molar-refractivity contribution in [3.63, 3.8) is 0 Å². The van der Waals surface area contributed by atoms with Crippen molar-refractivity contribution in [2.24, 2.45) is 0 Å². The van der Waals surface area contributed by atoms with Gasteiger partial charge in [-0.05, 0) is 25.1 Å². The van der Waals surface area contributed by atoms with Crippen LogP contribution in [0.5, 0.6) is 0 Å². The van der Waals surface area contributed by atoms with Crippen molar-refractivity contribution in [2.75, 3.05) is 26.0 Å². The summed E-state index contributed by atoms with van der Waals surface area (Å²) in [6.07, 6.45) is 1.49. The fourth-order valence-electron chi connectivity index (χ4n) is 1.87. The van der Waals surface area contributed by atoms with Gasteiger partial charge in [-0.2, -0.15) is 5.10 Å². The molecule has 0 fully saturated rings. The molecule has 0 bridgehead atoms. The molecule has 8 nitrogen and oxygen atoms in total. The van der Waals surface area contributed by atoms with Gasteiger partial charge in [0.05, 0.1) is 12.9 Å². The number of anilines is 1. The van der Waals surface area contributed by atoms with Crippen LogP contribution < -0.4 is 16.6 Å². The van der Waals surface area contributed by atoms with Crippen molar-refractivity contribution < 1.29 is 13.9 Å². The van der Waals surface area contributed by atoms with Crippen LogP contribution in [0.1, 0.15) is 13.0 Å². The summed E-state index contributed by atoms with van der Waals surface area (Å²) in [4.78, 5) is 24.2. The molecule has 0 aromatic carbocycles. The van der Waals surface area contributed by atoms with Crippen molar-refractivity contribution in [1.29, 1.82) is 0 Å². The van der Waals surface area contributed by atoms with E-state index in [4.69, 9.17) is 14.9 Å². The molecule has 2 rings (SSSR count). The summed E-state index contributed by atoms with van der Waals surface area (Å²) in [5, 5.41) is 6.82. The van der Waals surface area contributed by atoms with Crippen molar-refractivity contribution in [2.45, 2.75) is 13.0 Å². The molecule has 2 heterocycles. The van der Waals surface area contributed by atoms with Crippen LogP contribution in [-0.4, -0.2) is 35.9 Å². The highest BCUT2D eigenvalue weighted by Gasteiger charge is 2.19. The van der Waals surface area contributed by atoms with Gasteiger partial charge < -0.3 is 20.2 Å². The Kier molecular flexibility index (Phi) is 4.95. The van der Waals surface area contributed by atoms with Gasteiger partial charge >= 0.3 is 0 Å². The average Bonchev–Trinajstić information content (AvgIpc) is 3.03. The number of nitrogen functional groups attached to an aromatic ring is 1. The summed E-state index contributed by atoms with van der Waals surface area (Å²) in [5.74, 6) is 0.120. The third-order valence-electron chi connectivity index (χ3n) is 3.09. The van der Waals surface area contributed by atoms with Crippen LogP contribution >= 0.6 is 0 Å². The smallest absolute Gasteiger partial charge is 0.290 e. The number of ether oxygens (including phenoxy) is 1. The van der Waals surface area contributed by atoms with Gasteiger partial charge in [-0.3, -0.25) is 9.59 Å². The SMILES string of the molecule is COCCNC(=O)[C@H](C)n1nc(-c2ccco2)cc(N)c1=O. The monoisotopic (exact) mass is 306 g/mol. The fraction of sp³-hybridized carbons (Fsp3) is 0.357. The van der Waals surface area contributed by atoms with Crippen molar-refractivity contribution in [3.05, 3.63) is 34.8 Å². The Morgan fingerprint density at radius 3 is 3.00 bits per heavy atom. The predicted octanol–water partition coefficient (Wildman–Crippen LogP) is 0.409. The van der Waals surface area contributed by atoms with Gasteiger partial charge in [-0.1, -0.05) is 0 Å². The number of carbonyl (C=O) groups is 1. The first-order chi connectivity index (χ1) is 10.5. The number of nitrogens with two attached hydrogens (primary N) is 1. The van der Waals surface area contributed by atoms with E-state index >= 15 is 0 Å². The fourth-order valence-corrected chi connectivity index (χ4v) is 1.87. The standard InChI is InChI=1S/C14H18N4O4/c1-9(13(19)16-5-7-21-2)18-14(20)10(15)8-11(17-18)12-4-3-6-22-12/h3-4,6,8-9H,5,7,15H2,1-2H3,(H,16,19)/t9-/m0/s1. The minimum absolute atomic E-state index is 0.00191. The normalized spacial score (nSPS) is 12.1. The van der Waals surface area contributed by atoms with E-state index in [2.05, 4.69) is 10.4 Å². The lowest BCUT2D eigenvalue weighted by Crippen LogP contribution is -2.39. The highest BCUT2D eigenvalue weighted by atomic mass is 16.5. The van der Waals surface area contributed by atoms with Crippen molar-refractivity contribution in [1.82, 2.24) is 15.1 Å². The molecule has 3 N–H and O–H groups in total. The van der Waals surface area contributed by atoms with Crippen LogP contribution in [0.15, 0.2) is 33.7 Å². The van der Waals surface area contributed by atoms with Crippen molar-refractivity contribution in [3.8, 4) is 11.5 Å². The maximum Gasteiger partial charge on any atom is 0.290 e. The zero-order valence-corrected chi connectivity index (χ0v) is 12.4. The molecule has 0 radical (unpaired) electrons. The number of nitrogens with zero attached hydrogens (tertiary/aromatic N) is 2. The number of hydrogen-bond donors (Lipinski definition) is 2. The Morgan fingerprint density at radius 1 is 1.59 bits per heavy atom. The van der Waals surface area contributed by atoms with Crippen LogP contribution in [0.4, 0.5) is 5.69 Å². The zero-order valence-electron chi connectivity index (χ0n) is 12.4. The van der Waals surface area contributed by atoms with Crippen LogP contribution in [0.2, 0.25) is 0 Å². The number of hydrogen-bond acceptors (Lipinski definition) is 6. The highest BCUT2D eigenvalue weighted by Crippen LogP contribution is 2.18. The summed E-state index contributed by atoms with van der Waals surface area (Å²) in [7, 11) is 1.54. The second-order valence-electron chi connectivity index (χ2n) is 4.67. The van der Waals surface area contributed by atoms with Gasteiger partial charge in [-0.15, -0.1) is 0 Å². The largest absolute Gasteiger partial charge is 0.463 e. The van der Waals surface area contributed by atoms with E-state index in [1.807, 2.05) is 0 Å². The molecular formula is C14H18N4O4. The minimum Gasteiger partial charge on any atom is -0.463 e. The highest BCUT2D eigenvalue weighted by molar-refractivity contribution is 5.79. The first-order valence-electron chi connectivity index (χ1n) is 6.74. The topological polar surface area (TPSA) is 112 Å². The number of nitrogens with one attached hydrogen (secondary N) is 1. The molecule has 0 aliphatic carbocycles. The predicted molar refractivity (Wildman–Crippen MR) is 80.2 cm³/mol. The second-order valence-corrected chi connectivity index (χ2v) is 4.67. The molecule has 0 aliphatic rings. The molecule has 1 amide bonds. The maximum absolute atomic E-state index is 12.1. The van der Waals surface area contributed by atoms with E-state index in [9.17, 15) is 9.59 Å². The summed E-state index contributed by atoms with van der Waals surface area (Å²) < 4.78 is 11.1. The number of rotatable bonds is 6. The van der Waals surface area contributed by atoms with E-state index in [0.717, 1.165) is 4.68 Å². The summed E-state index contributed by atoms with van der Waals surface area (Å²) in [5.41, 5.74) is 5.58. The molecular weight excluding hydrogens is 288 g/mol. The first kappa shape index (κ1) is 15.8.